The Labute approximate surface area is 146 Å². The molecule has 1 saturated heterocycles. The first-order valence-corrected chi connectivity index (χ1v) is 8.32. The quantitative estimate of drug-likeness (QED) is 0.934. The molecule has 0 bridgehead atoms. The Morgan fingerprint density at radius 2 is 1.84 bits per heavy atom. The van der Waals surface area contributed by atoms with Gasteiger partial charge in [0.2, 0.25) is 0 Å². The highest BCUT2D eigenvalue weighted by atomic mass is 19.1. The smallest absolute Gasteiger partial charge is 0.255 e. The van der Waals surface area contributed by atoms with Crippen molar-refractivity contribution in [2.24, 2.45) is 5.92 Å². The Bertz CT molecular complexity index is 793. The van der Waals surface area contributed by atoms with Crippen LogP contribution >= 0.6 is 0 Å². The SMILES string of the molecule is N#Cc1c(F)cccc1C(=O)N1CCC(C(O)c2ccccc2)CC1. The standard InChI is InChI=1S/C20H19FN2O2/c21-18-8-4-7-16(17(18)13-22)20(25)23-11-9-15(10-12-23)19(24)14-5-2-1-3-6-14/h1-8,15,19,24H,9-12H2. The van der Waals surface area contributed by atoms with E-state index in [1.54, 1.807) is 11.0 Å². The minimum atomic E-state index is -0.678. The molecule has 0 aromatic heterocycles. The number of aliphatic hydroxyl groups excluding tert-OH is 1. The second-order valence-corrected chi connectivity index (χ2v) is 6.26. The molecule has 1 unspecified atom stereocenters. The van der Waals surface area contributed by atoms with E-state index in [-0.39, 0.29) is 23.0 Å². The number of amides is 1. The normalized spacial score (nSPS) is 16.3. The Hall–Kier alpha value is -2.71. The Kier molecular flexibility index (Phi) is 5.11. The summed E-state index contributed by atoms with van der Waals surface area (Å²) in [4.78, 5) is 14.3. The zero-order valence-corrected chi connectivity index (χ0v) is 13.7. The van der Waals surface area contributed by atoms with Gasteiger partial charge in [0.25, 0.3) is 5.91 Å². The summed E-state index contributed by atoms with van der Waals surface area (Å²) in [7, 11) is 0. The molecule has 2 aromatic carbocycles. The minimum Gasteiger partial charge on any atom is -0.388 e. The van der Waals surface area contributed by atoms with Crippen LogP contribution in [-0.2, 0) is 0 Å². The molecule has 5 heteroatoms. The van der Waals surface area contributed by atoms with Crippen molar-refractivity contribution in [3.8, 4) is 6.07 Å². The van der Waals surface area contributed by atoms with Crippen molar-refractivity contribution in [2.75, 3.05) is 13.1 Å². The zero-order valence-electron chi connectivity index (χ0n) is 13.7. The number of hydrogen-bond donors (Lipinski definition) is 1. The molecule has 1 atom stereocenters. The number of rotatable bonds is 3. The lowest BCUT2D eigenvalue weighted by Crippen LogP contribution is -2.40. The number of likely N-dealkylation sites (tertiary alicyclic amines) is 1. The fourth-order valence-electron chi connectivity index (χ4n) is 3.33. The van der Waals surface area contributed by atoms with Crippen molar-refractivity contribution in [1.29, 1.82) is 5.26 Å². The average Bonchev–Trinajstić information content (AvgIpc) is 2.67. The maximum absolute atomic E-state index is 13.7. The van der Waals surface area contributed by atoms with Crippen molar-refractivity contribution in [1.82, 2.24) is 4.90 Å². The van der Waals surface area contributed by atoms with Gasteiger partial charge in [0.1, 0.15) is 17.4 Å². The number of halogens is 1. The van der Waals surface area contributed by atoms with Gasteiger partial charge in [0.05, 0.1) is 11.7 Å². The molecule has 1 aliphatic rings. The first-order chi connectivity index (χ1) is 12.1. The Balaban J connectivity index is 1.68. The molecule has 0 spiro atoms. The first-order valence-electron chi connectivity index (χ1n) is 8.32. The first kappa shape index (κ1) is 17.1. The van der Waals surface area contributed by atoms with Crippen molar-refractivity contribution < 1.29 is 14.3 Å². The lowest BCUT2D eigenvalue weighted by atomic mass is 9.87. The van der Waals surface area contributed by atoms with Gasteiger partial charge >= 0.3 is 0 Å². The van der Waals surface area contributed by atoms with E-state index in [1.807, 2.05) is 30.3 Å². The van der Waals surface area contributed by atoms with Crippen LogP contribution in [0.2, 0.25) is 0 Å². The van der Waals surface area contributed by atoms with Gasteiger partial charge in [-0.05, 0) is 36.5 Å². The monoisotopic (exact) mass is 338 g/mol. The number of piperidine rings is 1. The largest absolute Gasteiger partial charge is 0.388 e. The molecule has 4 nitrogen and oxygen atoms in total. The maximum atomic E-state index is 13.7. The van der Waals surface area contributed by atoms with E-state index in [0.717, 1.165) is 5.56 Å². The van der Waals surface area contributed by atoms with Gasteiger partial charge < -0.3 is 10.0 Å². The van der Waals surface area contributed by atoms with E-state index in [1.165, 1.54) is 18.2 Å². The predicted molar refractivity (Wildman–Crippen MR) is 91.1 cm³/mol. The highest BCUT2D eigenvalue weighted by Crippen LogP contribution is 2.31. The predicted octanol–water partition coefficient (Wildman–Crippen LogP) is 3.28. The van der Waals surface area contributed by atoms with Crippen LogP contribution in [0.1, 0.15) is 40.4 Å². The third-order valence-electron chi connectivity index (χ3n) is 4.77. The molecule has 128 valence electrons. The van der Waals surface area contributed by atoms with Crippen molar-refractivity contribution in [3.63, 3.8) is 0 Å². The van der Waals surface area contributed by atoms with E-state index in [9.17, 15) is 14.3 Å². The van der Waals surface area contributed by atoms with Gasteiger partial charge in [-0.2, -0.15) is 5.26 Å². The van der Waals surface area contributed by atoms with Crippen LogP contribution in [0.5, 0.6) is 0 Å². The van der Waals surface area contributed by atoms with Gasteiger partial charge in [0.15, 0.2) is 0 Å². The Morgan fingerprint density at radius 1 is 1.16 bits per heavy atom. The van der Waals surface area contributed by atoms with Gasteiger partial charge in [0, 0.05) is 13.1 Å². The van der Waals surface area contributed by atoms with Crippen LogP contribution in [0, 0.1) is 23.1 Å². The number of carbonyl (C=O) groups is 1. The fraction of sp³-hybridized carbons (Fsp3) is 0.300. The maximum Gasteiger partial charge on any atom is 0.255 e. The number of aliphatic hydroxyl groups is 1. The number of hydrogen-bond acceptors (Lipinski definition) is 3. The average molecular weight is 338 g/mol. The van der Waals surface area contributed by atoms with Gasteiger partial charge in [-0.25, -0.2) is 4.39 Å². The summed E-state index contributed by atoms with van der Waals surface area (Å²) in [5, 5.41) is 19.6. The van der Waals surface area contributed by atoms with E-state index in [2.05, 4.69) is 0 Å². The van der Waals surface area contributed by atoms with E-state index in [4.69, 9.17) is 5.26 Å². The van der Waals surface area contributed by atoms with Crippen LogP contribution in [0.4, 0.5) is 4.39 Å². The molecule has 3 rings (SSSR count). The minimum absolute atomic E-state index is 0.0781. The third-order valence-corrected chi connectivity index (χ3v) is 4.77. The van der Waals surface area contributed by atoms with Crippen molar-refractivity contribution >= 4 is 5.91 Å². The Morgan fingerprint density at radius 3 is 2.48 bits per heavy atom. The zero-order chi connectivity index (χ0) is 17.8. The summed E-state index contributed by atoms with van der Waals surface area (Å²) in [6.45, 7) is 0.962. The summed E-state index contributed by atoms with van der Waals surface area (Å²) in [5.41, 5.74) is 0.771. The van der Waals surface area contributed by atoms with Crippen molar-refractivity contribution in [2.45, 2.75) is 18.9 Å². The fourth-order valence-corrected chi connectivity index (χ4v) is 3.33. The summed E-state index contributed by atoms with van der Waals surface area (Å²) in [6.07, 6.45) is 0.778. The highest BCUT2D eigenvalue weighted by Gasteiger charge is 2.29. The lowest BCUT2D eigenvalue weighted by Gasteiger charge is -2.34. The van der Waals surface area contributed by atoms with Gasteiger partial charge in [-0.15, -0.1) is 0 Å². The van der Waals surface area contributed by atoms with Crippen LogP contribution in [0.15, 0.2) is 48.5 Å². The molecule has 1 amide bonds. The van der Waals surface area contributed by atoms with E-state index >= 15 is 0 Å². The molecule has 2 aromatic rings. The topological polar surface area (TPSA) is 64.3 Å². The second-order valence-electron chi connectivity index (χ2n) is 6.26. The second kappa shape index (κ2) is 7.45. The van der Waals surface area contributed by atoms with Crippen LogP contribution in [0.25, 0.3) is 0 Å². The number of benzene rings is 2. The van der Waals surface area contributed by atoms with E-state index < -0.39 is 11.9 Å². The molecule has 0 radical (unpaired) electrons. The van der Waals surface area contributed by atoms with Crippen LogP contribution < -0.4 is 0 Å². The lowest BCUT2D eigenvalue weighted by molar-refractivity contribution is 0.0462. The molecule has 0 saturated carbocycles. The summed E-state index contributed by atoms with van der Waals surface area (Å²) in [6, 6.07) is 15.4. The third kappa shape index (κ3) is 3.54. The molecule has 1 heterocycles. The molecule has 25 heavy (non-hydrogen) atoms. The molecular weight excluding hydrogens is 319 g/mol. The molecule has 0 aliphatic carbocycles. The highest BCUT2D eigenvalue weighted by molar-refractivity contribution is 5.96. The van der Waals surface area contributed by atoms with Crippen LogP contribution in [-0.4, -0.2) is 29.0 Å². The summed E-state index contributed by atoms with van der Waals surface area (Å²) < 4.78 is 13.7. The van der Waals surface area contributed by atoms with Crippen LogP contribution in [0.3, 0.4) is 0 Å². The molecule has 1 aliphatic heterocycles. The summed E-state index contributed by atoms with van der Waals surface area (Å²) in [5.74, 6) is -0.930. The molecule has 1 fully saturated rings. The van der Waals surface area contributed by atoms with Gasteiger partial charge in [-0.1, -0.05) is 36.4 Å². The van der Waals surface area contributed by atoms with E-state index in [0.29, 0.717) is 25.9 Å². The molecule has 1 N–H and O–H groups in total. The summed E-state index contributed by atoms with van der Waals surface area (Å²) >= 11 is 0. The number of nitriles is 1. The van der Waals surface area contributed by atoms with Gasteiger partial charge in [-0.3, -0.25) is 4.79 Å². The van der Waals surface area contributed by atoms with Crippen molar-refractivity contribution in [3.05, 3.63) is 71.0 Å². The number of nitrogens with zero attached hydrogens (tertiary/aromatic N) is 2. The number of carbonyl (C=O) groups excluding carboxylic acids is 1. The molecular formula is C20H19FN2O2.